The third kappa shape index (κ3) is 6.09. The van der Waals surface area contributed by atoms with Crippen LogP contribution < -0.4 is 5.32 Å². The topological polar surface area (TPSA) is 94.8 Å². The molecule has 0 amide bonds. The van der Waals surface area contributed by atoms with Crippen LogP contribution in [-0.4, -0.2) is 68.1 Å². The summed E-state index contributed by atoms with van der Waals surface area (Å²) in [4.78, 5) is 20.6. The van der Waals surface area contributed by atoms with Crippen LogP contribution in [0.1, 0.15) is 37.6 Å². The summed E-state index contributed by atoms with van der Waals surface area (Å²) in [6.07, 6.45) is -3.98. The zero-order valence-corrected chi connectivity index (χ0v) is 22.2. The lowest BCUT2D eigenvalue weighted by atomic mass is 9.95. The number of aromatic nitrogens is 4. The van der Waals surface area contributed by atoms with Gasteiger partial charge < -0.3 is 10.2 Å². The van der Waals surface area contributed by atoms with Crippen LogP contribution in [0.5, 0.6) is 0 Å². The van der Waals surface area contributed by atoms with Crippen molar-refractivity contribution in [3.63, 3.8) is 0 Å². The van der Waals surface area contributed by atoms with Crippen LogP contribution in [0.4, 0.5) is 37.8 Å². The van der Waals surface area contributed by atoms with Crippen LogP contribution in [0.25, 0.3) is 11.2 Å². The van der Waals surface area contributed by atoms with Crippen molar-refractivity contribution in [3.05, 3.63) is 59.9 Å². The van der Waals surface area contributed by atoms with Gasteiger partial charge >= 0.3 is 12.4 Å². The first-order valence-electron chi connectivity index (χ1n) is 13.1. The molecule has 1 saturated heterocycles. The molecule has 2 aliphatic rings. The smallest absolute Gasteiger partial charge is 0.354 e. The molecule has 3 unspecified atom stereocenters. The highest BCUT2D eigenvalue weighted by atomic mass is 19.4. The summed E-state index contributed by atoms with van der Waals surface area (Å²) in [5, 5.41) is 11.1. The minimum atomic E-state index is -4.62. The van der Waals surface area contributed by atoms with Crippen LogP contribution in [0.3, 0.4) is 0 Å². The van der Waals surface area contributed by atoms with Crippen molar-refractivity contribution in [1.29, 1.82) is 0 Å². The van der Waals surface area contributed by atoms with Crippen molar-refractivity contribution in [1.82, 2.24) is 29.7 Å². The van der Waals surface area contributed by atoms with E-state index in [1.165, 1.54) is 18.5 Å². The average Bonchev–Trinajstić information content (AvgIpc) is 3.43. The number of nitrogens with zero attached hydrogens (tertiary/aromatic N) is 8. The first-order valence-corrected chi connectivity index (χ1v) is 13.1. The molecule has 3 aromatic rings. The second-order valence-corrected chi connectivity index (χ2v) is 9.74. The number of nitrogens with one attached hydrogen (secondary N) is 1. The molecule has 5 heterocycles. The number of fused-ring (bicyclic) bond motifs is 1. The van der Waals surface area contributed by atoms with Gasteiger partial charge in [0.2, 0.25) is 0 Å². The fourth-order valence-electron chi connectivity index (χ4n) is 5.10. The fraction of sp³-hybridized carbons (Fsp3) is 0.462. The molecule has 0 radical (unpaired) electrons. The molecule has 0 bridgehead atoms. The molecule has 1 fully saturated rings. The number of rotatable bonds is 7. The van der Waals surface area contributed by atoms with Crippen molar-refractivity contribution in [2.24, 2.45) is 16.1 Å². The zero-order chi connectivity index (χ0) is 29.4. The van der Waals surface area contributed by atoms with Gasteiger partial charge in [-0.2, -0.15) is 31.5 Å². The van der Waals surface area contributed by atoms with Crippen molar-refractivity contribution in [2.45, 2.75) is 44.7 Å². The number of hydrogen-bond acceptors (Lipinski definition) is 9. The normalized spacial score (nSPS) is 21.5. The third-order valence-electron chi connectivity index (χ3n) is 7.27. The SMILES string of the molecule is CCN(CC)C1CCN(C2=CC(C(F)(F)F)C(c3cnc4c(Nc5ccc(C(F)(F)F)cn5)ccnc4n3)N=N2)C1. The standard InChI is InChI=1S/C26H27F6N9/c1-3-40(4-2)16-8-10-41(14-16)21-11-17(26(30,31)32)22(39-38-21)19-13-35-23-18(7-9-33-24(23)37-19)36-20-6-5-15(12-34-20)25(27,28)29/h5-7,9,11-13,16-17,22H,3-4,8,10,14H2,1-2H3,(H,33,34,36,37). The van der Waals surface area contributed by atoms with Gasteiger partial charge in [-0.15, -0.1) is 5.11 Å². The van der Waals surface area contributed by atoms with E-state index in [-0.39, 0.29) is 34.5 Å². The Balaban J connectivity index is 1.38. The van der Waals surface area contributed by atoms with Crippen LogP contribution in [-0.2, 0) is 6.18 Å². The maximum atomic E-state index is 14.2. The second-order valence-electron chi connectivity index (χ2n) is 9.74. The number of alkyl halides is 6. The molecule has 2 aliphatic heterocycles. The highest BCUT2D eigenvalue weighted by Crippen LogP contribution is 2.43. The van der Waals surface area contributed by atoms with Crippen LogP contribution in [0, 0.1) is 5.92 Å². The van der Waals surface area contributed by atoms with Gasteiger partial charge in [0.1, 0.15) is 29.1 Å². The monoisotopic (exact) mass is 579 g/mol. The summed E-state index contributed by atoms with van der Waals surface area (Å²) in [6, 6.07) is 2.32. The van der Waals surface area contributed by atoms with E-state index in [4.69, 9.17) is 0 Å². The van der Waals surface area contributed by atoms with Gasteiger partial charge in [0.15, 0.2) is 5.65 Å². The molecule has 9 nitrogen and oxygen atoms in total. The quantitative estimate of drug-likeness (QED) is 0.337. The molecule has 1 N–H and O–H groups in total. The van der Waals surface area contributed by atoms with Crippen LogP contribution in [0.15, 0.2) is 58.9 Å². The van der Waals surface area contributed by atoms with E-state index >= 15 is 0 Å². The molecule has 15 heteroatoms. The van der Waals surface area contributed by atoms with Gasteiger partial charge in [0, 0.05) is 31.5 Å². The number of hydrogen-bond donors (Lipinski definition) is 1. The molecule has 0 aromatic carbocycles. The van der Waals surface area contributed by atoms with Crippen molar-refractivity contribution in [2.75, 3.05) is 31.5 Å². The number of azo groups is 1. The molecule has 0 saturated carbocycles. The average molecular weight is 580 g/mol. The maximum absolute atomic E-state index is 14.2. The summed E-state index contributed by atoms with van der Waals surface area (Å²) in [5.74, 6) is -1.66. The molecular weight excluding hydrogens is 552 g/mol. The first kappa shape index (κ1) is 28.6. The Bertz CT molecular complexity index is 1430. The summed E-state index contributed by atoms with van der Waals surface area (Å²) < 4.78 is 81.3. The summed E-state index contributed by atoms with van der Waals surface area (Å²) in [6.45, 7) is 6.99. The highest BCUT2D eigenvalue weighted by molar-refractivity contribution is 5.86. The lowest BCUT2D eigenvalue weighted by molar-refractivity contribution is -0.168. The van der Waals surface area contributed by atoms with Gasteiger partial charge in [-0.1, -0.05) is 13.8 Å². The third-order valence-corrected chi connectivity index (χ3v) is 7.27. The van der Waals surface area contributed by atoms with E-state index in [0.29, 0.717) is 25.0 Å². The lowest BCUT2D eigenvalue weighted by Crippen LogP contribution is -2.37. The predicted octanol–water partition coefficient (Wildman–Crippen LogP) is 6.13. The molecule has 0 spiro atoms. The molecule has 0 aliphatic carbocycles. The van der Waals surface area contributed by atoms with Crippen LogP contribution >= 0.6 is 0 Å². The highest BCUT2D eigenvalue weighted by Gasteiger charge is 2.47. The number of pyridine rings is 2. The predicted molar refractivity (Wildman–Crippen MR) is 138 cm³/mol. The molecule has 41 heavy (non-hydrogen) atoms. The fourth-order valence-corrected chi connectivity index (χ4v) is 5.10. The van der Waals surface area contributed by atoms with Gasteiger partial charge in [-0.3, -0.25) is 4.90 Å². The largest absolute Gasteiger partial charge is 0.417 e. The summed E-state index contributed by atoms with van der Waals surface area (Å²) in [7, 11) is 0. The maximum Gasteiger partial charge on any atom is 0.417 e. The first-order chi connectivity index (χ1) is 19.5. The zero-order valence-electron chi connectivity index (χ0n) is 22.2. The van der Waals surface area contributed by atoms with E-state index < -0.39 is 29.9 Å². The molecular formula is C26H27F6N9. The Morgan fingerprint density at radius 3 is 2.44 bits per heavy atom. The minimum Gasteiger partial charge on any atom is -0.354 e. The van der Waals surface area contributed by atoms with Gasteiger partial charge in [0.05, 0.1) is 23.1 Å². The number of likely N-dealkylation sites (N-methyl/N-ethyl adjacent to an activating group) is 1. The number of anilines is 2. The summed E-state index contributed by atoms with van der Waals surface area (Å²) >= 11 is 0. The van der Waals surface area contributed by atoms with Gasteiger partial charge in [-0.05, 0) is 43.8 Å². The Labute approximate surface area is 231 Å². The lowest BCUT2D eigenvalue weighted by Gasteiger charge is -2.30. The van der Waals surface area contributed by atoms with Gasteiger partial charge in [0.25, 0.3) is 0 Å². The molecule has 3 atom stereocenters. The molecule has 218 valence electrons. The Morgan fingerprint density at radius 1 is 1.00 bits per heavy atom. The van der Waals surface area contributed by atoms with E-state index in [2.05, 4.69) is 54.2 Å². The van der Waals surface area contributed by atoms with Crippen molar-refractivity contribution in [3.8, 4) is 0 Å². The Kier molecular flexibility index (Phi) is 7.81. The van der Waals surface area contributed by atoms with E-state index in [1.807, 2.05) is 4.90 Å². The van der Waals surface area contributed by atoms with E-state index in [9.17, 15) is 26.3 Å². The number of halogens is 6. The molecule has 5 rings (SSSR count). The summed E-state index contributed by atoms with van der Waals surface area (Å²) in [5.41, 5.74) is -0.410. The Morgan fingerprint density at radius 2 is 1.78 bits per heavy atom. The van der Waals surface area contributed by atoms with Crippen LogP contribution in [0.2, 0.25) is 0 Å². The van der Waals surface area contributed by atoms with Crippen molar-refractivity contribution >= 4 is 22.7 Å². The second kappa shape index (κ2) is 11.2. The minimum absolute atomic E-state index is 0.0342. The van der Waals surface area contributed by atoms with Gasteiger partial charge in [-0.25, -0.2) is 19.9 Å². The Hall–Kier alpha value is -3.88. The van der Waals surface area contributed by atoms with Crippen molar-refractivity contribution < 1.29 is 26.3 Å². The number of likely N-dealkylation sites (tertiary alicyclic amines) is 1. The molecule has 3 aromatic heterocycles. The van der Waals surface area contributed by atoms with E-state index in [1.54, 1.807) is 0 Å². The van der Waals surface area contributed by atoms with E-state index in [0.717, 1.165) is 37.7 Å².